The van der Waals surface area contributed by atoms with Crippen molar-refractivity contribution in [2.45, 2.75) is 38.8 Å². The fourth-order valence-corrected chi connectivity index (χ4v) is 3.08. The van der Waals surface area contributed by atoms with Crippen molar-refractivity contribution >= 4 is 0 Å². The molecule has 1 aliphatic heterocycles. The number of ether oxygens (including phenoxy) is 1. The van der Waals surface area contributed by atoms with Crippen molar-refractivity contribution in [2.75, 3.05) is 20.2 Å². The maximum Gasteiger partial charge on any atom is 0.212 e. The predicted octanol–water partition coefficient (Wildman–Crippen LogP) is 2.21. The molecule has 2 heterocycles. The van der Waals surface area contributed by atoms with Gasteiger partial charge in [-0.3, -0.25) is 4.90 Å². The fraction of sp³-hybridized carbons (Fsp3) is 0.667. The lowest BCUT2D eigenvalue weighted by molar-refractivity contribution is 0.0663. The van der Waals surface area contributed by atoms with E-state index in [4.69, 9.17) is 10.5 Å². The lowest BCUT2D eigenvalue weighted by Crippen LogP contribution is -2.45. The molecule has 0 radical (unpaired) electrons. The molecule has 106 valence electrons. The smallest absolute Gasteiger partial charge is 0.212 e. The Morgan fingerprint density at radius 1 is 1.47 bits per heavy atom. The number of pyridine rings is 1. The average molecular weight is 263 g/mol. The van der Waals surface area contributed by atoms with Crippen LogP contribution in [0.25, 0.3) is 0 Å². The minimum absolute atomic E-state index is 0.386. The number of rotatable bonds is 4. The molecule has 1 aromatic rings. The van der Waals surface area contributed by atoms with E-state index in [0.717, 1.165) is 13.1 Å². The van der Waals surface area contributed by atoms with Crippen LogP contribution >= 0.6 is 0 Å². The summed E-state index contributed by atoms with van der Waals surface area (Å²) in [4.78, 5) is 6.89. The lowest BCUT2D eigenvalue weighted by atomic mass is 9.84. The Bertz CT molecular complexity index is 391. The van der Waals surface area contributed by atoms with E-state index < -0.39 is 0 Å². The van der Waals surface area contributed by atoms with Crippen LogP contribution in [0.15, 0.2) is 18.3 Å². The SMILES string of the molecule is COc1ccc(C2C(CN)CCCN2C(C)C)cn1. The van der Waals surface area contributed by atoms with E-state index in [9.17, 15) is 0 Å². The third-order valence-electron chi connectivity index (χ3n) is 4.07. The summed E-state index contributed by atoms with van der Waals surface area (Å²) >= 11 is 0. The summed E-state index contributed by atoms with van der Waals surface area (Å²) in [7, 11) is 1.64. The highest BCUT2D eigenvalue weighted by Crippen LogP contribution is 2.36. The van der Waals surface area contributed by atoms with E-state index in [2.05, 4.69) is 29.8 Å². The summed E-state index contributed by atoms with van der Waals surface area (Å²) in [5.41, 5.74) is 7.23. The van der Waals surface area contributed by atoms with Crippen molar-refractivity contribution in [3.05, 3.63) is 23.9 Å². The molecule has 0 bridgehead atoms. The van der Waals surface area contributed by atoms with Crippen LogP contribution in [0.3, 0.4) is 0 Å². The molecule has 2 rings (SSSR count). The molecular weight excluding hydrogens is 238 g/mol. The second kappa shape index (κ2) is 6.35. The third-order valence-corrected chi connectivity index (χ3v) is 4.07. The Hall–Kier alpha value is -1.13. The molecule has 2 unspecified atom stereocenters. The first-order chi connectivity index (χ1) is 9.17. The number of nitrogens with zero attached hydrogens (tertiary/aromatic N) is 2. The molecule has 2 N–H and O–H groups in total. The minimum Gasteiger partial charge on any atom is -0.481 e. The molecular formula is C15H25N3O. The Morgan fingerprint density at radius 2 is 2.26 bits per heavy atom. The zero-order valence-corrected chi connectivity index (χ0v) is 12.2. The first kappa shape index (κ1) is 14.3. The van der Waals surface area contributed by atoms with Gasteiger partial charge in [-0.15, -0.1) is 0 Å². The molecule has 1 fully saturated rings. The zero-order chi connectivity index (χ0) is 13.8. The molecule has 0 saturated carbocycles. The number of piperidine rings is 1. The molecule has 4 heteroatoms. The summed E-state index contributed by atoms with van der Waals surface area (Å²) in [5, 5.41) is 0. The highest BCUT2D eigenvalue weighted by atomic mass is 16.5. The third kappa shape index (κ3) is 3.07. The Balaban J connectivity index is 2.28. The van der Waals surface area contributed by atoms with Crippen LogP contribution in [0.1, 0.15) is 38.3 Å². The van der Waals surface area contributed by atoms with Gasteiger partial charge in [0, 0.05) is 24.3 Å². The summed E-state index contributed by atoms with van der Waals surface area (Å²) in [5.74, 6) is 1.19. The number of hydrogen-bond acceptors (Lipinski definition) is 4. The van der Waals surface area contributed by atoms with E-state index in [-0.39, 0.29) is 0 Å². The van der Waals surface area contributed by atoms with Gasteiger partial charge in [-0.05, 0) is 51.3 Å². The van der Waals surface area contributed by atoms with Crippen molar-refractivity contribution in [2.24, 2.45) is 11.7 Å². The van der Waals surface area contributed by atoms with Crippen LogP contribution in [0.5, 0.6) is 5.88 Å². The number of aromatic nitrogens is 1. The van der Waals surface area contributed by atoms with Gasteiger partial charge in [0.25, 0.3) is 0 Å². The monoisotopic (exact) mass is 263 g/mol. The first-order valence-corrected chi connectivity index (χ1v) is 7.13. The molecule has 1 aromatic heterocycles. The predicted molar refractivity (Wildman–Crippen MR) is 77.2 cm³/mol. The number of nitrogens with two attached hydrogens (primary N) is 1. The van der Waals surface area contributed by atoms with Gasteiger partial charge in [0.2, 0.25) is 5.88 Å². The molecule has 4 nitrogen and oxygen atoms in total. The first-order valence-electron chi connectivity index (χ1n) is 7.13. The number of hydrogen-bond donors (Lipinski definition) is 1. The largest absolute Gasteiger partial charge is 0.481 e. The lowest BCUT2D eigenvalue weighted by Gasteiger charge is -2.43. The molecule has 0 amide bonds. The summed E-state index contributed by atoms with van der Waals surface area (Å²) in [6, 6.07) is 4.98. The molecule has 19 heavy (non-hydrogen) atoms. The van der Waals surface area contributed by atoms with Crippen molar-refractivity contribution in [3.63, 3.8) is 0 Å². The average Bonchev–Trinajstić information content (AvgIpc) is 2.46. The van der Waals surface area contributed by atoms with E-state index in [1.165, 1.54) is 18.4 Å². The topological polar surface area (TPSA) is 51.4 Å². The van der Waals surface area contributed by atoms with Gasteiger partial charge in [-0.25, -0.2) is 4.98 Å². The van der Waals surface area contributed by atoms with Gasteiger partial charge >= 0.3 is 0 Å². The van der Waals surface area contributed by atoms with Crippen LogP contribution < -0.4 is 10.5 Å². The Labute approximate surface area is 116 Å². The number of methoxy groups -OCH3 is 1. The second-order valence-electron chi connectivity index (χ2n) is 5.55. The van der Waals surface area contributed by atoms with E-state index in [1.807, 2.05) is 12.3 Å². The summed E-state index contributed by atoms with van der Waals surface area (Å²) in [6.07, 6.45) is 4.38. The van der Waals surface area contributed by atoms with Crippen molar-refractivity contribution in [1.82, 2.24) is 9.88 Å². The van der Waals surface area contributed by atoms with Crippen molar-refractivity contribution in [1.29, 1.82) is 0 Å². The fourth-order valence-electron chi connectivity index (χ4n) is 3.08. The van der Waals surface area contributed by atoms with Gasteiger partial charge in [0.05, 0.1) is 7.11 Å². The molecule has 0 spiro atoms. The molecule has 1 aliphatic rings. The Morgan fingerprint density at radius 3 is 2.79 bits per heavy atom. The number of likely N-dealkylation sites (tertiary alicyclic amines) is 1. The van der Waals surface area contributed by atoms with Gasteiger partial charge in [-0.1, -0.05) is 6.07 Å². The van der Waals surface area contributed by atoms with Crippen LogP contribution in [0.2, 0.25) is 0 Å². The molecule has 0 aromatic carbocycles. The van der Waals surface area contributed by atoms with Crippen LogP contribution in [0, 0.1) is 5.92 Å². The molecule has 2 atom stereocenters. The van der Waals surface area contributed by atoms with Gasteiger partial charge in [0.1, 0.15) is 0 Å². The standard InChI is InChI=1S/C15H25N3O/c1-11(2)18-8-4-5-12(9-16)15(18)13-6-7-14(19-3)17-10-13/h6-7,10-12,15H,4-5,8-9,16H2,1-3H3. The van der Waals surface area contributed by atoms with Crippen molar-refractivity contribution < 1.29 is 4.74 Å². The van der Waals surface area contributed by atoms with Crippen LogP contribution in [-0.4, -0.2) is 36.1 Å². The van der Waals surface area contributed by atoms with Crippen molar-refractivity contribution in [3.8, 4) is 5.88 Å². The van der Waals surface area contributed by atoms with Gasteiger partial charge < -0.3 is 10.5 Å². The van der Waals surface area contributed by atoms with Gasteiger partial charge in [0.15, 0.2) is 0 Å². The van der Waals surface area contributed by atoms with Crippen LogP contribution in [0.4, 0.5) is 0 Å². The highest BCUT2D eigenvalue weighted by Gasteiger charge is 2.33. The van der Waals surface area contributed by atoms with Crippen LogP contribution in [-0.2, 0) is 0 Å². The van der Waals surface area contributed by atoms with E-state index in [0.29, 0.717) is 23.9 Å². The minimum atomic E-state index is 0.386. The maximum atomic E-state index is 5.98. The normalized spacial score (nSPS) is 24.7. The Kier molecular flexibility index (Phi) is 4.77. The molecule has 0 aliphatic carbocycles. The quantitative estimate of drug-likeness (QED) is 0.905. The second-order valence-corrected chi connectivity index (χ2v) is 5.55. The van der Waals surface area contributed by atoms with E-state index >= 15 is 0 Å². The highest BCUT2D eigenvalue weighted by molar-refractivity contribution is 5.22. The van der Waals surface area contributed by atoms with Gasteiger partial charge in [-0.2, -0.15) is 0 Å². The molecule has 1 saturated heterocycles. The summed E-state index contributed by atoms with van der Waals surface area (Å²) < 4.78 is 5.13. The zero-order valence-electron chi connectivity index (χ0n) is 12.2. The maximum absolute atomic E-state index is 5.98. The summed E-state index contributed by atoms with van der Waals surface area (Å²) in [6.45, 7) is 6.39. The van der Waals surface area contributed by atoms with E-state index in [1.54, 1.807) is 7.11 Å².